The SMILES string of the molecule is C=CCCCCn1cc[n+](C)c1. The Hall–Kier alpha value is -1.05. The minimum Gasteiger partial charge on any atom is -0.240 e. The van der Waals surface area contributed by atoms with E-state index in [9.17, 15) is 0 Å². The highest BCUT2D eigenvalue weighted by molar-refractivity contribution is 4.68. The maximum Gasteiger partial charge on any atom is 0.243 e. The van der Waals surface area contributed by atoms with Crippen LogP contribution in [0.1, 0.15) is 19.3 Å². The van der Waals surface area contributed by atoms with Gasteiger partial charge < -0.3 is 0 Å². The van der Waals surface area contributed by atoms with Crippen molar-refractivity contribution in [3.8, 4) is 0 Å². The summed E-state index contributed by atoms with van der Waals surface area (Å²) in [5.41, 5.74) is 0. The van der Waals surface area contributed by atoms with E-state index in [0.717, 1.165) is 13.0 Å². The van der Waals surface area contributed by atoms with Gasteiger partial charge in [-0.1, -0.05) is 6.08 Å². The lowest BCUT2D eigenvalue weighted by atomic mass is 10.2. The number of allylic oxidation sites excluding steroid dienone is 1. The van der Waals surface area contributed by atoms with Crippen molar-refractivity contribution in [3.05, 3.63) is 31.4 Å². The van der Waals surface area contributed by atoms with Crippen molar-refractivity contribution in [1.82, 2.24) is 4.57 Å². The highest BCUT2D eigenvalue weighted by atomic mass is 15.1. The van der Waals surface area contributed by atoms with Gasteiger partial charge in [0.1, 0.15) is 12.4 Å². The molecule has 0 aliphatic carbocycles. The van der Waals surface area contributed by atoms with Crippen LogP contribution in [0.2, 0.25) is 0 Å². The second-order valence-corrected chi connectivity index (χ2v) is 3.10. The molecule has 0 saturated carbocycles. The molecule has 66 valence electrons. The van der Waals surface area contributed by atoms with Gasteiger partial charge in [0.25, 0.3) is 0 Å². The zero-order valence-electron chi connectivity index (χ0n) is 7.74. The molecule has 0 amide bonds. The van der Waals surface area contributed by atoms with Gasteiger partial charge in [0.15, 0.2) is 0 Å². The maximum atomic E-state index is 3.70. The Bertz CT molecular complexity index is 238. The molecule has 0 fully saturated rings. The molecule has 12 heavy (non-hydrogen) atoms. The Morgan fingerprint density at radius 2 is 2.33 bits per heavy atom. The third-order valence-electron chi connectivity index (χ3n) is 1.90. The number of rotatable bonds is 5. The van der Waals surface area contributed by atoms with Gasteiger partial charge in [0, 0.05) is 0 Å². The highest BCUT2D eigenvalue weighted by Crippen LogP contribution is 1.98. The van der Waals surface area contributed by atoms with Crippen LogP contribution in [0.3, 0.4) is 0 Å². The second-order valence-electron chi connectivity index (χ2n) is 3.10. The first-order valence-corrected chi connectivity index (χ1v) is 4.45. The molecule has 0 aliphatic rings. The smallest absolute Gasteiger partial charge is 0.240 e. The van der Waals surface area contributed by atoms with Crippen LogP contribution in [0.5, 0.6) is 0 Å². The maximum absolute atomic E-state index is 3.70. The molecule has 0 saturated heterocycles. The van der Waals surface area contributed by atoms with Crippen molar-refractivity contribution >= 4 is 0 Å². The van der Waals surface area contributed by atoms with E-state index in [0.29, 0.717) is 0 Å². The van der Waals surface area contributed by atoms with Gasteiger partial charge in [-0.2, -0.15) is 0 Å². The Kier molecular flexibility index (Phi) is 3.58. The molecule has 0 unspecified atom stereocenters. The summed E-state index contributed by atoms with van der Waals surface area (Å²) in [5, 5.41) is 0. The fraction of sp³-hybridized carbons (Fsp3) is 0.500. The summed E-state index contributed by atoms with van der Waals surface area (Å²) in [5.74, 6) is 0. The molecule has 1 aromatic heterocycles. The summed E-state index contributed by atoms with van der Waals surface area (Å²) < 4.78 is 4.27. The average Bonchev–Trinajstić information content (AvgIpc) is 2.45. The van der Waals surface area contributed by atoms with E-state index < -0.39 is 0 Å². The van der Waals surface area contributed by atoms with E-state index in [4.69, 9.17) is 0 Å². The lowest BCUT2D eigenvalue weighted by Crippen LogP contribution is -2.23. The standard InChI is InChI=1S/C10H17N2/c1-3-4-5-6-7-12-9-8-11(2)10-12/h3,8-10H,1,4-7H2,2H3/q+1. The monoisotopic (exact) mass is 165 g/mol. The summed E-state index contributed by atoms with van der Waals surface area (Å²) in [6.45, 7) is 4.82. The predicted octanol–water partition coefficient (Wildman–Crippen LogP) is 1.67. The first-order chi connectivity index (χ1) is 5.83. The molecule has 0 N–H and O–H groups in total. The van der Waals surface area contributed by atoms with Gasteiger partial charge in [0.2, 0.25) is 6.33 Å². The molecule has 0 aromatic carbocycles. The van der Waals surface area contributed by atoms with Gasteiger partial charge in [-0.15, -0.1) is 6.58 Å². The molecule has 1 aromatic rings. The van der Waals surface area contributed by atoms with Crippen LogP contribution >= 0.6 is 0 Å². The number of unbranched alkanes of at least 4 members (excludes halogenated alkanes) is 2. The Balaban J connectivity index is 2.19. The van der Waals surface area contributed by atoms with Crippen molar-refractivity contribution < 1.29 is 4.57 Å². The van der Waals surface area contributed by atoms with Gasteiger partial charge in [-0.25, -0.2) is 9.13 Å². The van der Waals surface area contributed by atoms with Crippen LogP contribution in [0, 0.1) is 0 Å². The normalized spacial score (nSPS) is 10.1. The molecular weight excluding hydrogens is 148 g/mol. The summed E-state index contributed by atoms with van der Waals surface area (Å²) >= 11 is 0. The Morgan fingerprint density at radius 3 is 2.92 bits per heavy atom. The van der Waals surface area contributed by atoms with Crippen LogP contribution in [-0.4, -0.2) is 4.57 Å². The van der Waals surface area contributed by atoms with E-state index in [-0.39, 0.29) is 0 Å². The number of imidazole rings is 1. The van der Waals surface area contributed by atoms with Gasteiger partial charge in [-0.3, -0.25) is 0 Å². The molecule has 1 rings (SSSR count). The summed E-state index contributed by atoms with van der Waals surface area (Å²) in [4.78, 5) is 0. The van der Waals surface area contributed by atoms with Crippen LogP contribution in [0.4, 0.5) is 0 Å². The van der Waals surface area contributed by atoms with Gasteiger partial charge in [-0.05, 0) is 19.3 Å². The first-order valence-electron chi connectivity index (χ1n) is 4.45. The average molecular weight is 165 g/mol. The van der Waals surface area contributed by atoms with Crippen molar-refractivity contribution in [2.45, 2.75) is 25.8 Å². The van der Waals surface area contributed by atoms with Gasteiger partial charge >= 0.3 is 0 Å². The number of nitrogens with zero attached hydrogens (tertiary/aromatic N) is 2. The largest absolute Gasteiger partial charge is 0.243 e. The van der Waals surface area contributed by atoms with E-state index in [1.807, 2.05) is 13.1 Å². The van der Waals surface area contributed by atoms with E-state index in [1.165, 1.54) is 12.8 Å². The first kappa shape index (κ1) is 9.04. The predicted molar refractivity (Wildman–Crippen MR) is 49.7 cm³/mol. The van der Waals surface area contributed by atoms with Crippen LogP contribution in [0.15, 0.2) is 31.4 Å². The molecule has 0 aliphatic heterocycles. The zero-order chi connectivity index (χ0) is 8.81. The lowest BCUT2D eigenvalue weighted by Gasteiger charge is -1.94. The molecular formula is C10H17N2+. The van der Waals surface area contributed by atoms with Crippen molar-refractivity contribution in [1.29, 1.82) is 0 Å². The van der Waals surface area contributed by atoms with Gasteiger partial charge in [0.05, 0.1) is 13.6 Å². The summed E-state index contributed by atoms with van der Waals surface area (Å²) in [7, 11) is 2.04. The quantitative estimate of drug-likeness (QED) is 0.356. The van der Waals surface area contributed by atoms with E-state index in [1.54, 1.807) is 0 Å². The van der Waals surface area contributed by atoms with Crippen molar-refractivity contribution in [2.24, 2.45) is 7.05 Å². The van der Waals surface area contributed by atoms with Crippen LogP contribution in [-0.2, 0) is 13.6 Å². The Labute approximate surface area is 74.1 Å². The molecule has 0 atom stereocenters. The number of hydrogen-bond donors (Lipinski definition) is 0. The van der Waals surface area contributed by atoms with Crippen LogP contribution in [0.25, 0.3) is 0 Å². The number of hydrogen-bond acceptors (Lipinski definition) is 0. The third-order valence-corrected chi connectivity index (χ3v) is 1.90. The molecule has 0 radical (unpaired) electrons. The third kappa shape index (κ3) is 2.91. The molecule has 2 heteroatoms. The lowest BCUT2D eigenvalue weighted by molar-refractivity contribution is -0.671. The molecule has 2 nitrogen and oxygen atoms in total. The number of aryl methyl sites for hydroxylation is 2. The van der Waals surface area contributed by atoms with E-state index in [2.05, 4.69) is 34.4 Å². The number of aromatic nitrogens is 2. The molecule has 1 heterocycles. The Morgan fingerprint density at radius 1 is 1.50 bits per heavy atom. The summed E-state index contributed by atoms with van der Waals surface area (Å²) in [6.07, 6.45) is 11.9. The zero-order valence-corrected chi connectivity index (χ0v) is 7.74. The minimum atomic E-state index is 1.12. The van der Waals surface area contributed by atoms with E-state index >= 15 is 0 Å². The molecule has 0 spiro atoms. The fourth-order valence-corrected chi connectivity index (χ4v) is 1.22. The van der Waals surface area contributed by atoms with Crippen molar-refractivity contribution in [3.63, 3.8) is 0 Å². The summed E-state index contributed by atoms with van der Waals surface area (Å²) in [6, 6.07) is 0. The topological polar surface area (TPSA) is 8.81 Å². The molecule has 0 bridgehead atoms. The fourth-order valence-electron chi connectivity index (χ4n) is 1.22. The van der Waals surface area contributed by atoms with Crippen LogP contribution < -0.4 is 4.57 Å². The second kappa shape index (κ2) is 4.75. The van der Waals surface area contributed by atoms with Crippen molar-refractivity contribution in [2.75, 3.05) is 0 Å². The minimum absolute atomic E-state index is 1.12. The highest BCUT2D eigenvalue weighted by Gasteiger charge is 1.97.